The Morgan fingerprint density at radius 1 is 1.00 bits per heavy atom. The molecule has 1 aromatic heterocycles. The number of alkyl halides is 1. The lowest BCUT2D eigenvalue weighted by Crippen LogP contribution is -2.13. The maximum atomic E-state index is 13.4. The zero-order valence-electron chi connectivity index (χ0n) is 17.1. The normalized spacial score (nSPS) is 10.8. The Labute approximate surface area is 192 Å². The number of ether oxygens (including phenoxy) is 2. The van der Waals surface area contributed by atoms with E-state index >= 15 is 0 Å². The van der Waals surface area contributed by atoms with Gasteiger partial charge in [0.2, 0.25) is 11.2 Å². The fourth-order valence-corrected chi connectivity index (χ4v) is 3.51. The Morgan fingerprint density at radius 2 is 1.69 bits per heavy atom. The zero-order chi connectivity index (χ0) is 22.7. The summed E-state index contributed by atoms with van der Waals surface area (Å²) in [5.41, 5.74) is 0.782. The van der Waals surface area contributed by atoms with E-state index in [1.165, 1.54) is 18.2 Å². The van der Waals surface area contributed by atoms with Gasteiger partial charge in [0.05, 0.1) is 24.7 Å². The van der Waals surface area contributed by atoms with Gasteiger partial charge in [-0.15, -0.1) is 0 Å². The van der Waals surface area contributed by atoms with E-state index in [0.29, 0.717) is 34.6 Å². The first-order valence-electron chi connectivity index (χ1n) is 9.79. The molecule has 0 bridgehead atoms. The number of hydrogen-bond donors (Lipinski definition) is 1. The first-order valence-corrected chi connectivity index (χ1v) is 10.9. The standard InChI is InChI=1S/C25H19BrO6/c1-30-18-7-2-15(3-8-18)22-24(29)20-11-6-17(27)14-21(20)32-25(22)23(28)16-4-9-19(10-5-16)31-13-12-26/h2-11,14,27H,12-13H2,1H3. The van der Waals surface area contributed by atoms with Crippen molar-refractivity contribution in [1.29, 1.82) is 0 Å². The van der Waals surface area contributed by atoms with Crippen molar-refractivity contribution in [3.05, 3.63) is 88.3 Å². The Balaban J connectivity index is 1.87. The molecule has 7 heteroatoms. The summed E-state index contributed by atoms with van der Waals surface area (Å²) in [6.45, 7) is 0.498. The summed E-state index contributed by atoms with van der Waals surface area (Å²) < 4.78 is 16.6. The van der Waals surface area contributed by atoms with Crippen molar-refractivity contribution in [2.24, 2.45) is 0 Å². The van der Waals surface area contributed by atoms with Crippen molar-refractivity contribution in [3.63, 3.8) is 0 Å². The SMILES string of the molecule is COc1ccc(-c2c(C(=O)c3ccc(OCCBr)cc3)oc3cc(O)ccc3c2=O)cc1. The van der Waals surface area contributed by atoms with E-state index in [4.69, 9.17) is 13.9 Å². The predicted octanol–water partition coefficient (Wildman–Crippen LogP) is 5.18. The van der Waals surface area contributed by atoms with Gasteiger partial charge in [-0.2, -0.15) is 0 Å². The Kier molecular flexibility index (Phi) is 6.28. The van der Waals surface area contributed by atoms with Crippen molar-refractivity contribution in [3.8, 4) is 28.4 Å². The number of halogens is 1. The van der Waals surface area contributed by atoms with E-state index in [9.17, 15) is 14.7 Å². The maximum Gasteiger partial charge on any atom is 0.229 e. The molecule has 3 aromatic carbocycles. The minimum atomic E-state index is -0.454. The molecule has 4 aromatic rings. The van der Waals surface area contributed by atoms with E-state index in [1.54, 1.807) is 55.6 Å². The molecule has 0 atom stereocenters. The molecule has 0 unspecified atom stereocenters. The second kappa shape index (κ2) is 9.28. The summed E-state index contributed by atoms with van der Waals surface area (Å²) in [7, 11) is 1.55. The van der Waals surface area contributed by atoms with Crippen LogP contribution in [0.25, 0.3) is 22.1 Å². The van der Waals surface area contributed by atoms with Crippen molar-refractivity contribution in [2.45, 2.75) is 0 Å². The van der Waals surface area contributed by atoms with Crippen LogP contribution in [0.15, 0.2) is 75.9 Å². The predicted molar refractivity (Wildman–Crippen MR) is 125 cm³/mol. The average molecular weight is 495 g/mol. The molecule has 162 valence electrons. The van der Waals surface area contributed by atoms with Crippen LogP contribution in [-0.4, -0.2) is 29.9 Å². The van der Waals surface area contributed by atoms with Crippen LogP contribution in [0.1, 0.15) is 16.1 Å². The number of hydrogen-bond acceptors (Lipinski definition) is 6. The molecule has 1 N–H and O–H groups in total. The van der Waals surface area contributed by atoms with Gasteiger partial charge in [0.25, 0.3) is 0 Å². The zero-order valence-corrected chi connectivity index (χ0v) is 18.7. The molecule has 32 heavy (non-hydrogen) atoms. The highest BCUT2D eigenvalue weighted by Gasteiger charge is 2.23. The van der Waals surface area contributed by atoms with Crippen molar-refractivity contribution in [2.75, 3.05) is 19.0 Å². The van der Waals surface area contributed by atoms with Crippen molar-refractivity contribution < 1.29 is 23.8 Å². The molecule has 0 amide bonds. The first-order chi connectivity index (χ1) is 15.5. The van der Waals surface area contributed by atoms with E-state index < -0.39 is 5.78 Å². The number of benzene rings is 3. The topological polar surface area (TPSA) is 86.0 Å². The summed E-state index contributed by atoms with van der Waals surface area (Å²) in [5.74, 6) is 0.624. The van der Waals surface area contributed by atoms with Crippen LogP contribution >= 0.6 is 15.9 Å². The Bertz CT molecular complexity index is 1320. The van der Waals surface area contributed by atoms with E-state index in [-0.39, 0.29) is 33.5 Å². The lowest BCUT2D eigenvalue weighted by Gasteiger charge is -2.11. The second-order valence-corrected chi connectivity index (χ2v) is 7.73. The van der Waals surface area contributed by atoms with E-state index in [1.807, 2.05) is 0 Å². The minimum absolute atomic E-state index is 0.0652. The number of ketones is 1. The van der Waals surface area contributed by atoms with Crippen LogP contribution in [0.3, 0.4) is 0 Å². The molecule has 0 saturated heterocycles. The fraction of sp³-hybridized carbons (Fsp3) is 0.120. The minimum Gasteiger partial charge on any atom is -0.508 e. The smallest absolute Gasteiger partial charge is 0.229 e. The van der Waals surface area contributed by atoms with Crippen LogP contribution in [0.2, 0.25) is 0 Å². The number of carbonyl (C=O) groups is 1. The van der Waals surface area contributed by atoms with Gasteiger partial charge < -0.3 is 19.0 Å². The van der Waals surface area contributed by atoms with Gasteiger partial charge in [-0.25, -0.2) is 0 Å². The molecule has 6 nitrogen and oxygen atoms in total. The van der Waals surface area contributed by atoms with Crippen molar-refractivity contribution in [1.82, 2.24) is 0 Å². The van der Waals surface area contributed by atoms with Gasteiger partial charge in [0.1, 0.15) is 22.8 Å². The van der Waals surface area contributed by atoms with E-state index in [0.717, 1.165) is 0 Å². The Hall–Kier alpha value is -3.58. The van der Waals surface area contributed by atoms with E-state index in [2.05, 4.69) is 15.9 Å². The second-order valence-electron chi connectivity index (χ2n) is 6.94. The number of fused-ring (bicyclic) bond motifs is 1. The highest BCUT2D eigenvalue weighted by molar-refractivity contribution is 9.09. The summed E-state index contributed by atoms with van der Waals surface area (Å²) in [4.78, 5) is 26.8. The molecule has 0 radical (unpaired) electrons. The van der Waals surface area contributed by atoms with Gasteiger partial charge in [-0.1, -0.05) is 28.1 Å². The van der Waals surface area contributed by atoms with Crippen molar-refractivity contribution >= 4 is 32.7 Å². The lowest BCUT2D eigenvalue weighted by atomic mass is 9.97. The summed E-state index contributed by atoms with van der Waals surface area (Å²) in [6, 6.07) is 17.6. The fourth-order valence-electron chi connectivity index (χ4n) is 3.35. The third kappa shape index (κ3) is 4.24. The number of aromatic hydroxyl groups is 1. The monoisotopic (exact) mass is 494 g/mol. The summed E-state index contributed by atoms with van der Waals surface area (Å²) >= 11 is 3.30. The quantitative estimate of drug-likeness (QED) is 0.281. The highest BCUT2D eigenvalue weighted by atomic mass is 79.9. The van der Waals surface area contributed by atoms with Gasteiger partial charge in [0, 0.05) is 17.0 Å². The number of methoxy groups -OCH3 is 1. The number of rotatable bonds is 7. The number of carbonyl (C=O) groups excluding carboxylic acids is 1. The molecular weight excluding hydrogens is 476 g/mol. The highest BCUT2D eigenvalue weighted by Crippen LogP contribution is 2.29. The summed E-state index contributed by atoms with van der Waals surface area (Å²) in [5, 5.41) is 10.8. The van der Waals surface area contributed by atoms with Crippen LogP contribution in [-0.2, 0) is 0 Å². The molecule has 0 fully saturated rings. The molecular formula is C25H19BrO6. The molecule has 0 aliphatic heterocycles. The summed E-state index contributed by atoms with van der Waals surface area (Å²) in [6.07, 6.45) is 0. The first kappa shape index (κ1) is 21.6. The van der Waals surface area contributed by atoms with Gasteiger partial charge in [-0.05, 0) is 54.1 Å². The Morgan fingerprint density at radius 3 is 2.34 bits per heavy atom. The van der Waals surface area contributed by atoms with Crippen LogP contribution in [0, 0.1) is 0 Å². The average Bonchev–Trinajstić information content (AvgIpc) is 2.82. The third-order valence-electron chi connectivity index (χ3n) is 4.92. The third-order valence-corrected chi connectivity index (χ3v) is 5.25. The van der Waals surface area contributed by atoms with Crippen LogP contribution in [0.5, 0.6) is 17.2 Å². The van der Waals surface area contributed by atoms with Gasteiger partial charge in [0.15, 0.2) is 5.76 Å². The molecule has 1 heterocycles. The molecule has 0 saturated carbocycles. The molecule has 0 spiro atoms. The van der Waals surface area contributed by atoms with Gasteiger partial charge >= 0.3 is 0 Å². The molecule has 0 aliphatic carbocycles. The maximum absolute atomic E-state index is 13.4. The lowest BCUT2D eigenvalue weighted by molar-refractivity contribution is 0.101. The largest absolute Gasteiger partial charge is 0.508 e. The molecule has 0 aliphatic rings. The number of phenolic OH excluding ortho intramolecular Hbond substituents is 1. The van der Waals surface area contributed by atoms with Crippen LogP contribution < -0.4 is 14.9 Å². The molecule has 4 rings (SSSR count). The number of phenols is 1. The van der Waals surface area contributed by atoms with Gasteiger partial charge in [-0.3, -0.25) is 9.59 Å². The van der Waals surface area contributed by atoms with Crippen LogP contribution in [0.4, 0.5) is 0 Å².